The van der Waals surface area contributed by atoms with Gasteiger partial charge in [0.25, 0.3) is 0 Å². The van der Waals surface area contributed by atoms with Gasteiger partial charge in [-0.2, -0.15) is 0 Å². The third kappa shape index (κ3) is 29.2. The SMILES string of the molecule is CC/C=C\C/C=C\C/C=C\C/C=C\C/C=C\C/C=C\CCCCCCCCCCCCCCC(=O)NC(COC1OC(CO)C(OC2OC(CO)C(O)C(O)C2O)C(O)C1O)C(O)CCCCCCCC. The van der Waals surface area contributed by atoms with Crippen LogP contribution in [0.5, 0.6) is 0 Å². The van der Waals surface area contributed by atoms with Gasteiger partial charge >= 0.3 is 0 Å². The molecular weight excluding hydrogens is 907 g/mol. The van der Waals surface area contributed by atoms with Crippen molar-refractivity contribution in [1.29, 1.82) is 0 Å². The molecule has 0 bridgehead atoms. The van der Waals surface area contributed by atoms with E-state index in [2.05, 4.69) is 92.1 Å². The Bertz CT molecular complexity index is 1470. The predicted molar refractivity (Wildman–Crippen MR) is 281 cm³/mol. The Morgan fingerprint density at radius 2 is 0.972 bits per heavy atom. The van der Waals surface area contributed by atoms with Crippen LogP contribution in [0.3, 0.4) is 0 Å². The molecule has 14 heteroatoms. The van der Waals surface area contributed by atoms with Crippen LogP contribution in [-0.4, -0.2) is 140 Å². The Hall–Kier alpha value is -2.57. The summed E-state index contributed by atoms with van der Waals surface area (Å²) in [5, 5.41) is 86.6. The molecule has 0 aromatic rings. The van der Waals surface area contributed by atoms with Gasteiger partial charge in [0.15, 0.2) is 12.6 Å². The minimum Gasteiger partial charge on any atom is -0.394 e. The summed E-state index contributed by atoms with van der Waals surface area (Å²) in [7, 11) is 0. The highest BCUT2D eigenvalue weighted by atomic mass is 16.7. The van der Waals surface area contributed by atoms with Crippen LogP contribution in [0.4, 0.5) is 0 Å². The van der Waals surface area contributed by atoms with Crippen molar-refractivity contribution in [2.24, 2.45) is 0 Å². The summed E-state index contributed by atoms with van der Waals surface area (Å²) in [6.07, 6.45) is 38.2. The maximum absolute atomic E-state index is 13.1. The van der Waals surface area contributed by atoms with Crippen molar-refractivity contribution in [2.45, 2.75) is 261 Å². The fourth-order valence-electron chi connectivity index (χ4n) is 8.71. The highest BCUT2D eigenvalue weighted by Crippen LogP contribution is 2.30. The maximum atomic E-state index is 13.1. The Balaban J connectivity index is 1.61. The normalized spacial score (nSPS) is 26.3. The Labute approximate surface area is 428 Å². The molecule has 2 heterocycles. The van der Waals surface area contributed by atoms with Crippen molar-refractivity contribution in [2.75, 3.05) is 19.8 Å². The van der Waals surface area contributed by atoms with E-state index in [1.807, 2.05) is 0 Å². The standard InChI is InChI=1S/C57H99NO13/c1-3-5-7-9-11-12-13-14-15-16-17-18-19-20-21-22-23-24-25-26-27-28-29-30-31-32-33-34-35-37-39-41-49(62)58-45(46(61)40-38-36-10-8-6-4-2)44-68-56-54(67)52(65)55(48(43-60)70-56)71-57-53(66)51(64)50(63)47(42-59)69-57/h5,7,11-12,14-15,17-18,20-21,23-24,45-48,50-57,59-61,63-67H,3-4,6,8-10,13,16,19,22,25-44H2,1-2H3,(H,58,62)/b7-5-,12-11-,15-14-,18-17-,21-20-,24-23-. The van der Waals surface area contributed by atoms with Gasteiger partial charge in [-0.3, -0.25) is 4.79 Å². The summed E-state index contributed by atoms with van der Waals surface area (Å²) < 4.78 is 22.7. The number of hydrogen-bond acceptors (Lipinski definition) is 13. The number of ether oxygens (including phenoxy) is 4. The Morgan fingerprint density at radius 1 is 0.521 bits per heavy atom. The quantitative estimate of drug-likeness (QED) is 0.0207. The smallest absolute Gasteiger partial charge is 0.220 e. The van der Waals surface area contributed by atoms with Crippen LogP contribution >= 0.6 is 0 Å². The molecule has 0 aromatic heterocycles. The first-order valence-corrected chi connectivity index (χ1v) is 27.7. The summed E-state index contributed by atoms with van der Waals surface area (Å²) in [5.41, 5.74) is 0. The van der Waals surface area contributed by atoms with E-state index < -0.39 is 86.8 Å². The van der Waals surface area contributed by atoms with Gasteiger partial charge in [0.05, 0.1) is 32.0 Å². The Kier molecular flexibility index (Phi) is 38.9. The molecule has 2 saturated heterocycles. The number of rotatable bonds is 42. The molecule has 0 aromatic carbocycles. The molecule has 0 saturated carbocycles. The number of unbranched alkanes of at least 4 members (excludes halogenated alkanes) is 17. The number of amides is 1. The highest BCUT2D eigenvalue weighted by Gasteiger charge is 2.51. The zero-order chi connectivity index (χ0) is 51.7. The van der Waals surface area contributed by atoms with Crippen LogP contribution in [0.25, 0.3) is 0 Å². The topological polar surface area (TPSA) is 228 Å². The van der Waals surface area contributed by atoms with E-state index in [0.29, 0.717) is 12.8 Å². The van der Waals surface area contributed by atoms with Crippen LogP contribution in [-0.2, 0) is 23.7 Å². The van der Waals surface area contributed by atoms with Crippen molar-refractivity contribution >= 4 is 5.91 Å². The van der Waals surface area contributed by atoms with Gasteiger partial charge < -0.3 is 65.1 Å². The zero-order valence-electron chi connectivity index (χ0n) is 43.7. The molecule has 0 radical (unpaired) electrons. The molecule has 2 rings (SSSR count). The van der Waals surface area contributed by atoms with Crippen molar-refractivity contribution in [3.05, 3.63) is 72.9 Å². The average Bonchev–Trinajstić information content (AvgIpc) is 3.37. The number of carbonyl (C=O) groups excluding carboxylic acids is 1. The van der Waals surface area contributed by atoms with Crippen molar-refractivity contribution in [3.8, 4) is 0 Å². The molecule has 2 aliphatic rings. The second-order valence-corrected chi connectivity index (χ2v) is 19.3. The third-order valence-corrected chi connectivity index (χ3v) is 13.2. The largest absolute Gasteiger partial charge is 0.394 e. The number of carbonyl (C=O) groups is 1. The van der Waals surface area contributed by atoms with E-state index in [0.717, 1.165) is 109 Å². The lowest BCUT2D eigenvalue weighted by Gasteiger charge is -2.46. The zero-order valence-corrected chi connectivity index (χ0v) is 43.7. The van der Waals surface area contributed by atoms with E-state index in [1.54, 1.807) is 0 Å². The number of nitrogens with one attached hydrogen (secondary N) is 1. The molecule has 9 N–H and O–H groups in total. The third-order valence-electron chi connectivity index (χ3n) is 13.2. The molecule has 410 valence electrons. The maximum Gasteiger partial charge on any atom is 0.220 e. The first-order valence-electron chi connectivity index (χ1n) is 27.7. The molecule has 2 aliphatic heterocycles. The highest BCUT2D eigenvalue weighted by molar-refractivity contribution is 5.76. The molecule has 1 amide bonds. The van der Waals surface area contributed by atoms with Crippen molar-refractivity contribution < 1.29 is 64.6 Å². The average molecular weight is 1010 g/mol. The van der Waals surface area contributed by atoms with Crippen LogP contribution in [0, 0.1) is 0 Å². The van der Waals surface area contributed by atoms with Crippen molar-refractivity contribution in [3.63, 3.8) is 0 Å². The van der Waals surface area contributed by atoms with Crippen LogP contribution in [0.2, 0.25) is 0 Å². The van der Waals surface area contributed by atoms with E-state index in [1.165, 1.54) is 51.4 Å². The fourth-order valence-corrected chi connectivity index (χ4v) is 8.71. The molecular formula is C57H99NO13. The summed E-state index contributed by atoms with van der Waals surface area (Å²) in [6, 6.07) is -0.829. The minimum absolute atomic E-state index is 0.218. The lowest BCUT2D eigenvalue weighted by atomic mass is 9.97. The van der Waals surface area contributed by atoms with E-state index in [4.69, 9.17) is 18.9 Å². The molecule has 2 fully saturated rings. The molecule has 12 unspecified atom stereocenters. The first-order chi connectivity index (χ1) is 34.6. The minimum atomic E-state index is -1.78. The Morgan fingerprint density at radius 3 is 1.49 bits per heavy atom. The summed E-state index contributed by atoms with van der Waals surface area (Å²) in [5.74, 6) is -0.218. The van der Waals surface area contributed by atoms with Gasteiger partial charge in [0.2, 0.25) is 5.91 Å². The number of aliphatic hydroxyl groups excluding tert-OH is 8. The predicted octanol–water partition coefficient (Wildman–Crippen LogP) is 8.38. The summed E-state index contributed by atoms with van der Waals surface area (Å²) in [6.45, 7) is 2.65. The van der Waals surface area contributed by atoms with Crippen LogP contribution in [0.15, 0.2) is 72.9 Å². The number of hydrogen-bond donors (Lipinski definition) is 9. The van der Waals surface area contributed by atoms with Crippen LogP contribution in [0.1, 0.15) is 187 Å². The van der Waals surface area contributed by atoms with E-state index in [9.17, 15) is 45.6 Å². The molecule has 0 spiro atoms. The van der Waals surface area contributed by atoms with Gasteiger partial charge in [-0.25, -0.2) is 0 Å². The second kappa shape index (κ2) is 42.8. The molecule has 71 heavy (non-hydrogen) atoms. The van der Waals surface area contributed by atoms with Gasteiger partial charge in [-0.05, 0) is 64.2 Å². The van der Waals surface area contributed by atoms with Gasteiger partial charge in [0.1, 0.15) is 48.8 Å². The summed E-state index contributed by atoms with van der Waals surface area (Å²) in [4.78, 5) is 13.1. The van der Waals surface area contributed by atoms with Gasteiger partial charge in [-0.1, -0.05) is 189 Å². The fraction of sp³-hybridized carbons (Fsp3) is 0.772. The second-order valence-electron chi connectivity index (χ2n) is 19.3. The van der Waals surface area contributed by atoms with E-state index >= 15 is 0 Å². The van der Waals surface area contributed by atoms with Crippen molar-refractivity contribution in [1.82, 2.24) is 5.32 Å². The lowest BCUT2D eigenvalue weighted by molar-refractivity contribution is -0.359. The van der Waals surface area contributed by atoms with E-state index in [-0.39, 0.29) is 12.5 Å². The molecule has 14 nitrogen and oxygen atoms in total. The van der Waals surface area contributed by atoms with Crippen LogP contribution < -0.4 is 5.32 Å². The number of aliphatic hydroxyl groups is 8. The van der Waals surface area contributed by atoms with Gasteiger partial charge in [-0.15, -0.1) is 0 Å². The first kappa shape index (κ1) is 64.5. The number of allylic oxidation sites excluding steroid dienone is 12. The molecule has 0 aliphatic carbocycles. The lowest BCUT2D eigenvalue weighted by Crippen LogP contribution is -2.65. The monoisotopic (exact) mass is 1010 g/mol. The van der Waals surface area contributed by atoms with Gasteiger partial charge in [0, 0.05) is 6.42 Å². The molecule has 12 atom stereocenters. The summed E-state index contributed by atoms with van der Waals surface area (Å²) >= 11 is 0.